The molecule has 0 bridgehead atoms. The Morgan fingerprint density at radius 2 is 1.93 bits per heavy atom. The lowest BCUT2D eigenvalue weighted by atomic mass is 10.1. The van der Waals surface area contributed by atoms with Gasteiger partial charge in [0.05, 0.1) is 11.2 Å². The minimum Gasteiger partial charge on any atom is -0.321 e. The van der Waals surface area contributed by atoms with Crippen LogP contribution in [0.5, 0.6) is 0 Å². The molecule has 1 aromatic heterocycles. The summed E-state index contributed by atoms with van der Waals surface area (Å²) in [5, 5.41) is 3.59. The van der Waals surface area contributed by atoms with Gasteiger partial charge in [0.2, 0.25) is 0 Å². The van der Waals surface area contributed by atoms with Crippen molar-refractivity contribution in [2.75, 3.05) is 5.32 Å². The first-order valence-corrected chi connectivity index (χ1v) is 10.0. The van der Waals surface area contributed by atoms with E-state index in [1.165, 1.54) is 34.6 Å². The number of hydrogen-bond acceptors (Lipinski definition) is 4. The molecule has 0 aliphatic rings. The summed E-state index contributed by atoms with van der Waals surface area (Å²) in [7, 11) is 0. The van der Waals surface area contributed by atoms with Crippen molar-refractivity contribution >= 4 is 35.0 Å². The molecule has 138 valence electrons. The molecular formula is C21H20ClN3OS. The highest BCUT2D eigenvalue weighted by molar-refractivity contribution is 7.98. The Hall–Kier alpha value is -2.37. The number of halogens is 1. The quantitative estimate of drug-likeness (QED) is 0.438. The van der Waals surface area contributed by atoms with E-state index in [4.69, 9.17) is 11.6 Å². The average Bonchev–Trinajstić information content (AvgIpc) is 2.68. The fraction of sp³-hybridized carbons (Fsp3) is 0.190. The largest absolute Gasteiger partial charge is 0.321 e. The Balaban J connectivity index is 1.70. The number of aryl methyl sites for hydroxylation is 2. The lowest BCUT2D eigenvalue weighted by Gasteiger charge is -2.08. The lowest BCUT2D eigenvalue weighted by molar-refractivity contribution is 0.102. The topological polar surface area (TPSA) is 54.9 Å². The zero-order valence-corrected chi connectivity index (χ0v) is 16.8. The molecule has 0 aliphatic heterocycles. The van der Waals surface area contributed by atoms with Crippen LogP contribution in [0.25, 0.3) is 0 Å². The van der Waals surface area contributed by atoms with Crippen molar-refractivity contribution in [3.8, 4) is 0 Å². The van der Waals surface area contributed by atoms with Gasteiger partial charge in [-0.15, -0.1) is 0 Å². The maximum atomic E-state index is 12.6. The first-order chi connectivity index (χ1) is 13.0. The number of hydrogen-bond donors (Lipinski definition) is 1. The number of thioether (sulfide) groups is 1. The Kier molecular flexibility index (Phi) is 6.48. The van der Waals surface area contributed by atoms with Gasteiger partial charge < -0.3 is 5.32 Å². The second-order valence-electron chi connectivity index (χ2n) is 6.13. The highest BCUT2D eigenvalue weighted by Gasteiger charge is 2.15. The SMILES string of the molecule is CCc1ccc(NC(=O)c2nc(SCc3cccc(C)c3)ncc2Cl)cc1. The van der Waals surface area contributed by atoms with E-state index in [9.17, 15) is 4.79 Å². The van der Waals surface area contributed by atoms with Crippen molar-refractivity contribution in [2.45, 2.75) is 31.2 Å². The van der Waals surface area contributed by atoms with E-state index in [0.717, 1.165) is 12.2 Å². The third-order valence-electron chi connectivity index (χ3n) is 4.01. The number of carbonyl (C=O) groups excluding carboxylic acids is 1. The lowest BCUT2D eigenvalue weighted by Crippen LogP contribution is -2.15. The van der Waals surface area contributed by atoms with Gasteiger partial charge in [-0.2, -0.15) is 0 Å². The van der Waals surface area contributed by atoms with Crippen LogP contribution in [0, 0.1) is 6.92 Å². The highest BCUT2D eigenvalue weighted by atomic mass is 35.5. The molecule has 0 atom stereocenters. The normalized spacial score (nSPS) is 10.6. The monoisotopic (exact) mass is 397 g/mol. The number of nitrogens with one attached hydrogen (secondary N) is 1. The molecule has 6 heteroatoms. The third kappa shape index (κ3) is 5.31. The number of carbonyl (C=O) groups is 1. The molecule has 0 unspecified atom stereocenters. The summed E-state index contributed by atoms with van der Waals surface area (Å²) >= 11 is 7.62. The van der Waals surface area contributed by atoms with Gasteiger partial charge in [-0.3, -0.25) is 4.79 Å². The van der Waals surface area contributed by atoms with Gasteiger partial charge in [0.1, 0.15) is 0 Å². The van der Waals surface area contributed by atoms with E-state index in [1.807, 2.05) is 30.3 Å². The minimum atomic E-state index is -0.343. The predicted molar refractivity (Wildman–Crippen MR) is 112 cm³/mol. The molecule has 0 saturated heterocycles. The summed E-state index contributed by atoms with van der Waals surface area (Å²) in [6.07, 6.45) is 2.43. The summed E-state index contributed by atoms with van der Waals surface area (Å²) in [6, 6.07) is 16.0. The fourth-order valence-corrected chi connectivity index (χ4v) is 3.48. The summed E-state index contributed by atoms with van der Waals surface area (Å²) in [5.74, 6) is 0.382. The van der Waals surface area contributed by atoms with Crippen LogP contribution < -0.4 is 5.32 Å². The maximum Gasteiger partial charge on any atom is 0.275 e. The molecular weight excluding hydrogens is 378 g/mol. The molecule has 0 aliphatic carbocycles. The van der Waals surface area contributed by atoms with Crippen molar-refractivity contribution in [1.82, 2.24) is 9.97 Å². The Morgan fingerprint density at radius 3 is 2.63 bits per heavy atom. The number of amides is 1. The van der Waals surface area contributed by atoms with Gasteiger partial charge >= 0.3 is 0 Å². The standard InChI is InChI=1S/C21H20ClN3OS/c1-3-15-7-9-17(10-8-15)24-20(26)19-18(22)12-23-21(25-19)27-13-16-6-4-5-14(2)11-16/h4-12H,3,13H2,1-2H3,(H,24,26). The van der Waals surface area contributed by atoms with Gasteiger partial charge in [-0.1, -0.05) is 72.2 Å². The van der Waals surface area contributed by atoms with Crippen LogP contribution in [0.4, 0.5) is 5.69 Å². The Bertz CT molecular complexity index is 944. The molecule has 1 amide bonds. The second-order valence-corrected chi connectivity index (χ2v) is 7.48. The fourth-order valence-electron chi connectivity index (χ4n) is 2.54. The van der Waals surface area contributed by atoms with Gasteiger partial charge in [-0.25, -0.2) is 9.97 Å². The second kappa shape index (κ2) is 9.02. The molecule has 3 rings (SSSR count). The number of rotatable bonds is 6. The summed E-state index contributed by atoms with van der Waals surface area (Å²) < 4.78 is 0. The van der Waals surface area contributed by atoms with E-state index >= 15 is 0 Å². The number of nitrogens with zero attached hydrogens (tertiary/aromatic N) is 2. The molecule has 3 aromatic rings. The predicted octanol–water partition coefficient (Wildman–Crippen LogP) is 5.55. The van der Waals surface area contributed by atoms with E-state index in [1.54, 1.807) is 0 Å². The number of benzene rings is 2. The molecule has 27 heavy (non-hydrogen) atoms. The molecule has 1 N–H and O–H groups in total. The first kappa shape index (κ1) is 19.4. The highest BCUT2D eigenvalue weighted by Crippen LogP contribution is 2.23. The van der Waals surface area contributed by atoms with Gasteiger partial charge in [0.15, 0.2) is 10.9 Å². The van der Waals surface area contributed by atoms with Crippen LogP contribution in [0.2, 0.25) is 5.02 Å². The van der Waals surface area contributed by atoms with E-state index < -0.39 is 0 Å². The molecule has 1 heterocycles. The Morgan fingerprint density at radius 1 is 1.15 bits per heavy atom. The first-order valence-electron chi connectivity index (χ1n) is 8.66. The molecule has 0 fully saturated rings. The van der Waals surface area contributed by atoms with Crippen LogP contribution >= 0.6 is 23.4 Å². The summed E-state index contributed by atoms with van der Waals surface area (Å²) in [5.41, 5.74) is 4.49. The van der Waals surface area contributed by atoms with Crippen molar-refractivity contribution < 1.29 is 4.79 Å². The molecule has 0 spiro atoms. The summed E-state index contributed by atoms with van der Waals surface area (Å²) in [4.78, 5) is 21.1. The van der Waals surface area contributed by atoms with Gasteiger partial charge in [0, 0.05) is 11.4 Å². The van der Waals surface area contributed by atoms with Gasteiger partial charge in [0.25, 0.3) is 5.91 Å². The van der Waals surface area contributed by atoms with Crippen LogP contribution in [0.15, 0.2) is 59.9 Å². The zero-order chi connectivity index (χ0) is 19.2. The molecule has 4 nitrogen and oxygen atoms in total. The van der Waals surface area contributed by atoms with E-state index in [2.05, 4.69) is 47.3 Å². The van der Waals surface area contributed by atoms with Crippen LogP contribution in [0.3, 0.4) is 0 Å². The van der Waals surface area contributed by atoms with E-state index in [-0.39, 0.29) is 16.6 Å². The van der Waals surface area contributed by atoms with Gasteiger partial charge in [-0.05, 0) is 36.6 Å². The minimum absolute atomic E-state index is 0.179. The van der Waals surface area contributed by atoms with Crippen molar-refractivity contribution in [3.63, 3.8) is 0 Å². The maximum absolute atomic E-state index is 12.6. The Labute approximate surface area is 168 Å². The summed E-state index contributed by atoms with van der Waals surface area (Å²) in [6.45, 7) is 4.15. The molecule has 0 saturated carbocycles. The number of anilines is 1. The van der Waals surface area contributed by atoms with E-state index in [0.29, 0.717) is 10.8 Å². The third-order valence-corrected chi connectivity index (χ3v) is 5.22. The van der Waals surface area contributed by atoms with Crippen molar-refractivity contribution in [3.05, 3.63) is 82.1 Å². The van der Waals surface area contributed by atoms with Crippen molar-refractivity contribution in [2.24, 2.45) is 0 Å². The van der Waals surface area contributed by atoms with Crippen LogP contribution in [0.1, 0.15) is 34.1 Å². The van der Waals surface area contributed by atoms with Crippen LogP contribution in [-0.2, 0) is 12.2 Å². The zero-order valence-electron chi connectivity index (χ0n) is 15.2. The van der Waals surface area contributed by atoms with Crippen LogP contribution in [-0.4, -0.2) is 15.9 Å². The number of aromatic nitrogens is 2. The smallest absolute Gasteiger partial charge is 0.275 e. The van der Waals surface area contributed by atoms with Crippen molar-refractivity contribution in [1.29, 1.82) is 0 Å². The molecule has 2 aromatic carbocycles. The molecule has 0 radical (unpaired) electrons. The average molecular weight is 398 g/mol.